The van der Waals surface area contributed by atoms with Gasteiger partial charge in [-0.25, -0.2) is 4.98 Å². The van der Waals surface area contributed by atoms with Crippen molar-refractivity contribution < 1.29 is 14.3 Å². The predicted octanol–water partition coefficient (Wildman–Crippen LogP) is 6.99. The largest absolute Gasteiger partial charge is 0.493 e. The smallest absolute Gasteiger partial charge is 0.275 e. The lowest BCUT2D eigenvalue weighted by molar-refractivity contribution is -0.114. The molecule has 0 aliphatic carbocycles. The van der Waals surface area contributed by atoms with Crippen LogP contribution in [0, 0.1) is 0 Å². The minimum absolute atomic E-state index is 0.0571. The van der Waals surface area contributed by atoms with Gasteiger partial charge < -0.3 is 14.8 Å². The summed E-state index contributed by atoms with van der Waals surface area (Å²) >= 11 is 7.45. The first kappa shape index (κ1) is 29.9. The lowest BCUT2D eigenvalue weighted by atomic mass is 9.89. The van der Waals surface area contributed by atoms with Crippen LogP contribution < -0.4 is 20.3 Å². The van der Waals surface area contributed by atoms with Crippen molar-refractivity contribution in [3.05, 3.63) is 100 Å². The number of thiophene rings is 1. The van der Waals surface area contributed by atoms with Crippen LogP contribution in [-0.2, 0) is 4.79 Å². The Labute approximate surface area is 264 Å². The molecule has 5 aromatic rings. The van der Waals surface area contributed by atoms with E-state index in [0.717, 1.165) is 48.6 Å². The van der Waals surface area contributed by atoms with E-state index in [2.05, 4.69) is 27.3 Å². The van der Waals surface area contributed by atoms with E-state index in [4.69, 9.17) is 21.1 Å². The summed E-state index contributed by atoms with van der Waals surface area (Å²) in [5, 5.41) is 3.54. The standard InChI is InChI=1S/C34H33ClN4O4S/c1-22(40)37-27-5-3-4-25(18-27)23-12-14-38(15-13-23)16-17-43-30-11-10-28(19-31(30)42-2)39-21-36-29-20-32(44-33(29)34(39)41)24-6-8-26(35)9-7-24/h3-11,18-21,23H,12-17H2,1-2H3,(H,37,40). The zero-order valence-electron chi connectivity index (χ0n) is 24.6. The van der Waals surface area contributed by atoms with Crippen molar-refractivity contribution in [3.8, 4) is 27.6 Å². The fourth-order valence-electron chi connectivity index (χ4n) is 5.63. The summed E-state index contributed by atoms with van der Waals surface area (Å²) < 4.78 is 13.9. The van der Waals surface area contributed by atoms with E-state index < -0.39 is 0 Å². The number of likely N-dealkylation sites (tertiary alicyclic amines) is 1. The fraction of sp³-hybridized carbons (Fsp3) is 0.265. The maximum atomic E-state index is 13.4. The maximum Gasteiger partial charge on any atom is 0.275 e. The van der Waals surface area contributed by atoms with Gasteiger partial charge in [0.2, 0.25) is 5.91 Å². The van der Waals surface area contributed by atoms with Gasteiger partial charge in [0.1, 0.15) is 17.6 Å². The first-order chi connectivity index (χ1) is 21.4. The second-order valence-electron chi connectivity index (χ2n) is 10.9. The number of carbonyl (C=O) groups is 1. The van der Waals surface area contributed by atoms with E-state index in [0.29, 0.717) is 45.0 Å². The van der Waals surface area contributed by atoms with Crippen LogP contribution in [0.5, 0.6) is 11.5 Å². The van der Waals surface area contributed by atoms with Crippen molar-refractivity contribution in [2.75, 3.05) is 38.7 Å². The third kappa shape index (κ3) is 6.65. The monoisotopic (exact) mass is 628 g/mol. The van der Waals surface area contributed by atoms with Crippen LogP contribution >= 0.6 is 22.9 Å². The number of aromatic nitrogens is 2. The topological polar surface area (TPSA) is 85.7 Å². The summed E-state index contributed by atoms with van der Waals surface area (Å²) in [7, 11) is 1.60. The number of nitrogens with zero attached hydrogens (tertiary/aromatic N) is 3. The van der Waals surface area contributed by atoms with Gasteiger partial charge in [-0.1, -0.05) is 35.9 Å². The molecule has 1 fully saturated rings. The van der Waals surface area contributed by atoms with Crippen LogP contribution in [0.4, 0.5) is 5.69 Å². The highest BCUT2D eigenvalue weighted by atomic mass is 35.5. The number of nitrogens with one attached hydrogen (secondary N) is 1. The molecular weight excluding hydrogens is 596 g/mol. The molecule has 0 bridgehead atoms. The zero-order valence-corrected chi connectivity index (χ0v) is 26.2. The van der Waals surface area contributed by atoms with E-state index in [-0.39, 0.29) is 11.5 Å². The number of methoxy groups -OCH3 is 1. The van der Waals surface area contributed by atoms with E-state index in [1.54, 1.807) is 19.5 Å². The lowest BCUT2D eigenvalue weighted by Gasteiger charge is -2.32. The van der Waals surface area contributed by atoms with Gasteiger partial charge in [-0.2, -0.15) is 0 Å². The zero-order chi connectivity index (χ0) is 30.6. The van der Waals surface area contributed by atoms with Gasteiger partial charge in [0.15, 0.2) is 11.5 Å². The molecule has 0 saturated carbocycles. The van der Waals surface area contributed by atoms with Crippen LogP contribution in [0.15, 0.2) is 83.9 Å². The minimum atomic E-state index is -0.138. The molecule has 0 atom stereocenters. The summed E-state index contributed by atoms with van der Waals surface area (Å²) in [6.45, 7) is 4.82. The molecule has 3 aromatic carbocycles. The average Bonchev–Trinajstić information content (AvgIpc) is 3.47. The number of ether oxygens (including phenoxy) is 2. The average molecular weight is 629 g/mol. The third-order valence-electron chi connectivity index (χ3n) is 7.92. The highest BCUT2D eigenvalue weighted by Gasteiger charge is 2.21. The van der Waals surface area contributed by atoms with Gasteiger partial charge in [-0.05, 0) is 85.4 Å². The molecule has 1 N–H and O–H groups in total. The third-order valence-corrected chi connectivity index (χ3v) is 9.34. The molecule has 1 aliphatic heterocycles. The molecule has 44 heavy (non-hydrogen) atoms. The number of hydrogen-bond donors (Lipinski definition) is 1. The first-order valence-corrected chi connectivity index (χ1v) is 15.8. The van der Waals surface area contributed by atoms with Gasteiger partial charge in [0.05, 0.1) is 18.3 Å². The van der Waals surface area contributed by atoms with Gasteiger partial charge in [0.25, 0.3) is 5.56 Å². The van der Waals surface area contributed by atoms with Crippen LogP contribution in [0.1, 0.15) is 31.2 Å². The molecule has 1 amide bonds. The molecular formula is C34H33ClN4O4S. The Morgan fingerprint density at radius 3 is 2.59 bits per heavy atom. The summed E-state index contributed by atoms with van der Waals surface area (Å²) in [5.74, 6) is 1.60. The molecule has 3 heterocycles. The number of carbonyl (C=O) groups excluding carboxylic acids is 1. The van der Waals surface area contributed by atoms with Crippen molar-refractivity contribution in [1.82, 2.24) is 14.5 Å². The van der Waals surface area contributed by atoms with Gasteiger partial charge in [0, 0.05) is 35.1 Å². The van der Waals surface area contributed by atoms with E-state index >= 15 is 0 Å². The molecule has 226 valence electrons. The maximum absolute atomic E-state index is 13.4. The normalized spacial score (nSPS) is 14.1. The van der Waals surface area contributed by atoms with Crippen LogP contribution in [-0.4, -0.2) is 53.7 Å². The van der Waals surface area contributed by atoms with Crippen molar-refractivity contribution in [1.29, 1.82) is 0 Å². The van der Waals surface area contributed by atoms with Crippen LogP contribution in [0.25, 0.3) is 26.3 Å². The number of halogens is 1. The Morgan fingerprint density at radius 1 is 1.05 bits per heavy atom. The van der Waals surface area contributed by atoms with Gasteiger partial charge in [-0.3, -0.25) is 19.1 Å². The number of amides is 1. The Hall–Kier alpha value is -4.18. The number of piperidine rings is 1. The molecule has 0 radical (unpaired) electrons. The van der Waals surface area contributed by atoms with E-state index in [9.17, 15) is 9.59 Å². The first-order valence-electron chi connectivity index (χ1n) is 14.6. The Balaban J connectivity index is 1.08. The molecule has 8 nitrogen and oxygen atoms in total. The van der Waals surface area contributed by atoms with E-state index in [1.165, 1.54) is 28.4 Å². The highest BCUT2D eigenvalue weighted by molar-refractivity contribution is 7.22. The number of fused-ring (bicyclic) bond motifs is 1. The number of anilines is 1. The van der Waals surface area contributed by atoms with Crippen molar-refractivity contribution in [2.24, 2.45) is 0 Å². The number of benzene rings is 3. The van der Waals surface area contributed by atoms with Crippen molar-refractivity contribution in [2.45, 2.75) is 25.7 Å². The van der Waals surface area contributed by atoms with Crippen LogP contribution in [0.3, 0.4) is 0 Å². The van der Waals surface area contributed by atoms with E-state index in [1.807, 2.05) is 54.6 Å². The molecule has 0 spiro atoms. The second kappa shape index (κ2) is 13.2. The van der Waals surface area contributed by atoms with Crippen molar-refractivity contribution in [3.63, 3.8) is 0 Å². The lowest BCUT2D eigenvalue weighted by Crippen LogP contribution is -2.35. The Morgan fingerprint density at radius 2 is 1.84 bits per heavy atom. The van der Waals surface area contributed by atoms with Crippen LogP contribution in [0.2, 0.25) is 5.02 Å². The highest BCUT2D eigenvalue weighted by Crippen LogP contribution is 2.33. The Kier molecular flexibility index (Phi) is 8.97. The molecule has 0 unspecified atom stereocenters. The van der Waals surface area contributed by atoms with Gasteiger partial charge in [-0.15, -0.1) is 11.3 Å². The molecule has 6 rings (SSSR count). The molecule has 10 heteroatoms. The minimum Gasteiger partial charge on any atom is -0.493 e. The summed E-state index contributed by atoms with van der Waals surface area (Å²) in [5.41, 5.74) is 4.29. The molecule has 1 aliphatic rings. The summed E-state index contributed by atoms with van der Waals surface area (Å²) in [6.07, 6.45) is 3.66. The number of hydrogen-bond acceptors (Lipinski definition) is 7. The summed E-state index contributed by atoms with van der Waals surface area (Å²) in [4.78, 5) is 32.8. The van der Waals surface area contributed by atoms with Gasteiger partial charge >= 0.3 is 0 Å². The fourth-order valence-corrected chi connectivity index (χ4v) is 6.80. The predicted molar refractivity (Wildman–Crippen MR) is 177 cm³/mol. The number of rotatable bonds is 9. The molecule has 2 aromatic heterocycles. The SMILES string of the molecule is COc1cc(-n2cnc3cc(-c4ccc(Cl)cc4)sc3c2=O)ccc1OCCN1CCC(c2cccc(NC(C)=O)c2)CC1. The van der Waals surface area contributed by atoms with Crippen molar-refractivity contribution >= 4 is 44.7 Å². The second-order valence-corrected chi connectivity index (χ2v) is 12.3. The summed E-state index contributed by atoms with van der Waals surface area (Å²) in [6, 6.07) is 23.1. The quantitative estimate of drug-likeness (QED) is 0.189. The Bertz CT molecular complexity index is 1840. The molecule has 1 saturated heterocycles.